The predicted molar refractivity (Wildman–Crippen MR) is 75.0 cm³/mol. The van der Waals surface area contributed by atoms with Crippen molar-refractivity contribution in [1.82, 2.24) is 9.97 Å². The Morgan fingerprint density at radius 3 is 2.76 bits per heavy atom. The summed E-state index contributed by atoms with van der Waals surface area (Å²) in [5.41, 5.74) is 4.68. The molecule has 2 aromatic rings. The number of hydrogen-bond acceptors (Lipinski definition) is 5. The summed E-state index contributed by atoms with van der Waals surface area (Å²) < 4.78 is 1.04. The molecule has 3 N–H and O–H groups in total. The first-order valence-electron chi connectivity index (χ1n) is 5.24. The van der Waals surface area contributed by atoms with Crippen LogP contribution in [0.1, 0.15) is 18.2 Å². The first-order valence-corrected chi connectivity index (χ1v) is 6.91. The molecule has 17 heavy (non-hydrogen) atoms. The van der Waals surface area contributed by atoms with Gasteiger partial charge in [-0.25, -0.2) is 15.8 Å². The van der Waals surface area contributed by atoms with Crippen LogP contribution in [0.25, 0.3) is 10.7 Å². The Bertz CT molecular complexity index is 538. The van der Waals surface area contributed by atoms with Gasteiger partial charge in [0.1, 0.15) is 5.82 Å². The summed E-state index contributed by atoms with van der Waals surface area (Å²) in [6.07, 6.45) is 0.861. The molecule has 6 heteroatoms. The number of nitrogens with one attached hydrogen (secondary N) is 1. The average Bonchev–Trinajstić information content (AvgIpc) is 2.74. The number of nitrogens with two attached hydrogens (primary N) is 1. The number of aryl methyl sites for hydroxylation is 1. The zero-order chi connectivity index (χ0) is 12.4. The van der Waals surface area contributed by atoms with Gasteiger partial charge in [0.05, 0.1) is 4.88 Å². The van der Waals surface area contributed by atoms with Gasteiger partial charge >= 0.3 is 0 Å². The summed E-state index contributed by atoms with van der Waals surface area (Å²) in [4.78, 5) is 9.99. The molecule has 0 atom stereocenters. The number of nitrogen functional groups attached to an aromatic ring is 1. The molecule has 0 saturated heterocycles. The fraction of sp³-hybridized carbons (Fsp3) is 0.273. The van der Waals surface area contributed by atoms with E-state index in [1.54, 1.807) is 11.3 Å². The summed E-state index contributed by atoms with van der Waals surface area (Å²) in [6.45, 7) is 4.04. The van der Waals surface area contributed by atoms with Crippen LogP contribution >= 0.6 is 27.3 Å². The Morgan fingerprint density at radius 2 is 2.24 bits per heavy atom. The summed E-state index contributed by atoms with van der Waals surface area (Å²) in [6, 6.07) is 2.01. The zero-order valence-corrected chi connectivity index (χ0v) is 12.0. The van der Waals surface area contributed by atoms with E-state index in [1.807, 2.05) is 18.4 Å². The number of halogens is 1. The lowest BCUT2D eigenvalue weighted by Gasteiger charge is -2.10. The molecule has 0 amide bonds. The van der Waals surface area contributed by atoms with Gasteiger partial charge in [0.25, 0.3) is 0 Å². The van der Waals surface area contributed by atoms with Crippen molar-refractivity contribution in [3.63, 3.8) is 0 Å². The van der Waals surface area contributed by atoms with E-state index < -0.39 is 0 Å². The second-order valence-corrected chi connectivity index (χ2v) is 5.41. The number of thiophene rings is 1. The lowest BCUT2D eigenvalue weighted by molar-refractivity contribution is 0.997. The minimum absolute atomic E-state index is 0.708. The molecule has 4 nitrogen and oxygen atoms in total. The molecule has 90 valence electrons. The highest BCUT2D eigenvalue weighted by molar-refractivity contribution is 9.10. The number of rotatable bonds is 3. The van der Waals surface area contributed by atoms with Crippen molar-refractivity contribution >= 4 is 33.1 Å². The van der Waals surface area contributed by atoms with E-state index in [4.69, 9.17) is 5.84 Å². The second kappa shape index (κ2) is 5.12. The van der Waals surface area contributed by atoms with Crippen molar-refractivity contribution in [3.8, 4) is 10.7 Å². The first-order chi connectivity index (χ1) is 8.15. The lowest BCUT2D eigenvalue weighted by atomic mass is 10.1. The van der Waals surface area contributed by atoms with Crippen LogP contribution in [-0.2, 0) is 6.42 Å². The highest BCUT2D eigenvalue weighted by atomic mass is 79.9. The van der Waals surface area contributed by atoms with E-state index in [1.165, 1.54) is 0 Å². The molecular formula is C11H13BrN4S. The summed E-state index contributed by atoms with van der Waals surface area (Å²) in [7, 11) is 0. The summed E-state index contributed by atoms with van der Waals surface area (Å²) in [5.74, 6) is 6.92. The molecule has 0 spiro atoms. The predicted octanol–water partition coefficient (Wildman–Crippen LogP) is 3.12. The van der Waals surface area contributed by atoms with Gasteiger partial charge in [-0.15, -0.1) is 11.3 Å². The Balaban J connectivity index is 2.53. The first kappa shape index (κ1) is 12.5. The van der Waals surface area contributed by atoms with Crippen molar-refractivity contribution in [1.29, 1.82) is 0 Å². The molecular weight excluding hydrogens is 300 g/mol. The highest BCUT2D eigenvalue weighted by Crippen LogP contribution is 2.29. The minimum Gasteiger partial charge on any atom is -0.308 e. The molecule has 0 aliphatic heterocycles. The van der Waals surface area contributed by atoms with E-state index in [9.17, 15) is 0 Å². The van der Waals surface area contributed by atoms with Gasteiger partial charge in [0.2, 0.25) is 0 Å². The summed E-state index contributed by atoms with van der Waals surface area (Å²) >= 11 is 5.03. The van der Waals surface area contributed by atoms with Gasteiger partial charge in [-0.3, -0.25) is 0 Å². The monoisotopic (exact) mass is 312 g/mol. The van der Waals surface area contributed by atoms with E-state index >= 15 is 0 Å². The molecule has 0 radical (unpaired) electrons. The van der Waals surface area contributed by atoms with Crippen molar-refractivity contribution in [2.24, 2.45) is 5.84 Å². The standard InChI is InChI=1S/C11H13BrN4S/c1-3-8-6(2)14-11(15-10(8)16-13)9-4-7(12)5-17-9/h4-5H,3,13H2,1-2H3,(H,14,15,16). The zero-order valence-electron chi connectivity index (χ0n) is 9.62. The van der Waals surface area contributed by atoms with E-state index in [2.05, 4.69) is 38.2 Å². The van der Waals surface area contributed by atoms with Crippen molar-refractivity contribution in [2.75, 3.05) is 5.43 Å². The van der Waals surface area contributed by atoms with Gasteiger partial charge in [-0.05, 0) is 35.3 Å². The van der Waals surface area contributed by atoms with Crippen molar-refractivity contribution < 1.29 is 0 Å². The lowest BCUT2D eigenvalue weighted by Crippen LogP contribution is -2.13. The van der Waals surface area contributed by atoms with Crippen molar-refractivity contribution in [3.05, 3.63) is 27.2 Å². The molecule has 0 aliphatic carbocycles. The van der Waals surface area contributed by atoms with Gasteiger partial charge < -0.3 is 5.43 Å². The molecule has 2 rings (SSSR count). The Hall–Kier alpha value is -0.980. The molecule has 0 aromatic carbocycles. The number of nitrogens with zero attached hydrogens (tertiary/aromatic N) is 2. The largest absolute Gasteiger partial charge is 0.308 e. The Morgan fingerprint density at radius 1 is 1.47 bits per heavy atom. The molecule has 0 fully saturated rings. The van der Waals surface area contributed by atoms with Crippen LogP contribution in [-0.4, -0.2) is 9.97 Å². The third-order valence-electron chi connectivity index (χ3n) is 2.49. The van der Waals surface area contributed by atoms with Crippen LogP contribution in [0.5, 0.6) is 0 Å². The van der Waals surface area contributed by atoms with E-state index in [0.717, 1.165) is 27.0 Å². The quantitative estimate of drug-likeness (QED) is 0.675. The van der Waals surface area contributed by atoms with Crippen LogP contribution in [0.3, 0.4) is 0 Å². The van der Waals surface area contributed by atoms with Crippen LogP contribution in [0.15, 0.2) is 15.9 Å². The highest BCUT2D eigenvalue weighted by Gasteiger charge is 2.11. The fourth-order valence-corrected chi connectivity index (χ4v) is 3.04. The summed E-state index contributed by atoms with van der Waals surface area (Å²) in [5, 5.41) is 2.01. The maximum Gasteiger partial charge on any atom is 0.171 e. The average molecular weight is 313 g/mol. The SMILES string of the molecule is CCc1c(C)nc(-c2cc(Br)cs2)nc1NN. The molecule has 0 aliphatic rings. The molecule has 0 bridgehead atoms. The van der Waals surface area contributed by atoms with Gasteiger partial charge in [-0.2, -0.15) is 0 Å². The van der Waals surface area contributed by atoms with Crippen molar-refractivity contribution in [2.45, 2.75) is 20.3 Å². The number of aromatic nitrogens is 2. The number of hydrazine groups is 1. The van der Waals surface area contributed by atoms with Gasteiger partial charge in [-0.1, -0.05) is 6.92 Å². The van der Waals surface area contributed by atoms with Crippen LogP contribution in [0.2, 0.25) is 0 Å². The Labute approximate surface area is 112 Å². The van der Waals surface area contributed by atoms with E-state index in [-0.39, 0.29) is 0 Å². The minimum atomic E-state index is 0.708. The molecule has 2 aromatic heterocycles. The molecule has 2 heterocycles. The Kier molecular flexibility index (Phi) is 3.76. The number of anilines is 1. The smallest absolute Gasteiger partial charge is 0.171 e. The maximum atomic E-state index is 5.50. The van der Waals surface area contributed by atoms with E-state index in [0.29, 0.717) is 11.6 Å². The molecule has 0 unspecified atom stereocenters. The maximum absolute atomic E-state index is 5.50. The van der Waals surface area contributed by atoms with Crippen LogP contribution < -0.4 is 11.3 Å². The van der Waals surface area contributed by atoms with Gasteiger partial charge in [0.15, 0.2) is 5.82 Å². The third kappa shape index (κ3) is 2.48. The van der Waals surface area contributed by atoms with Gasteiger partial charge in [0, 0.05) is 21.1 Å². The fourth-order valence-electron chi connectivity index (χ4n) is 1.68. The number of hydrogen-bond donors (Lipinski definition) is 2. The second-order valence-electron chi connectivity index (χ2n) is 3.59. The molecule has 0 saturated carbocycles. The van der Waals surface area contributed by atoms with Crippen LogP contribution in [0, 0.1) is 6.92 Å². The van der Waals surface area contributed by atoms with Crippen LogP contribution in [0.4, 0.5) is 5.82 Å². The third-order valence-corrected chi connectivity index (χ3v) is 4.18. The topological polar surface area (TPSA) is 63.8 Å². The normalized spacial score (nSPS) is 10.6.